The van der Waals surface area contributed by atoms with Gasteiger partial charge in [0.05, 0.1) is 19.3 Å². The van der Waals surface area contributed by atoms with Gasteiger partial charge in [0, 0.05) is 33.9 Å². The van der Waals surface area contributed by atoms with Crippen LogP contribution in [0.2, 0.25) is 0 Å². The Morgan fingerprint density at radius 3 is 2.35 bits per heavy atom. The Hall–Kier alpha value is -1.54. The summed E-state index contributed by atoms with van der Waals surface area (Å²) in [5.41, 5.74) is -0.512. The largest absolute Gasteiger partial charge is 0.444 e. The van der Waals surface area contributed by atoms with E-state index in [-0.39, 0.29) is 12.0 Å². The normalized spacial score (nSPS) is 13.5. The molecule has 0 aliphatic carbocycles. The van der Waals surface area contributed by atoms with Gasteiger partial charge in [-0.25, -0.2) is 4.79 Å². The SMILES string of the molecule is CN=C(NCCCOCCOC)NCC(NC(=O)OC(C)(C)C)C(C)C. The molecule has 1 amide bonds. The highest BCUT2D eigenvalue weighted by molar-refractivity contribution is 5.79. The molecule has 0 aromatic rings. The van der Waals surface area contributed by atoms with Crippen LogP contribution < -0.4 is 16.0 Å². The lowest BCUT2D eigenvalue weighted by molar-refractivity contribution is 0.0491. The second kappa shape index (κ2) is 13.6. The third-order valence-corrected chi connectivity index (χ3v) is 3.41. The van der Waals surface area contributed by atoms with Gasteiger partial charge in [-0.15, -0.1) is 0 Å². The molecule has 0 radical (unpaired) electrons. The maximum Gasteiger partial charge on any atom is 0.407 e. The summed E-state index contributed by atoms with van der Waals surface area (Å²) in [5, 5.41) is 9.38. The van der Waals surface area contributed by atoms with Crippen LogP contribution in [0.4, 0.5) is 4.79 Å². The summed E-state index contributed by atoms with van der Waals surface area (Å²) in [7, 11) is 3.37. The Morgan fingerprint density at radius 2 is 1.81 bits per heavy atom. The Kier molecular flexibility index (Phi) is 12.8. The van der Waals surface area contributed by atoms with Crippen molar-refractivity contribution in [2.24, 2.45) is 10.9 Å². The molecule has 0 saturated carbocycles. The standard InChI is InChI=1S/C18H38N4O4/c1-14(2)15(22-17(23)26-18(3,4)5)13-21-16(19-6)20-9-8-10-25-12-11-24-7/h14-15H,8-13H2,1-7H3,(H,22,23)(H2,19,20,21). The molecule has 154 valence electrons. The molecule has 0 bridgehead atoms. The van der Waals surface area contributed by atoms with Crippen molar-refractivity contribution in [2.75, 3.05) is 47.1 Å². The van der Waals surface area contributed by atoms with E-state index in [1.165, 1.54) is 0 Å². The van der Waals surface area contributed by atoms with Crippen molar-refractivity contribution in [1.82, 2.24) is 16.0 Å². The van der Waals surface area contributed by atoms with E-state index in [0.29, 0.717) is 32.3 Å². The van der Waals surface area contributed by atoms with Crippen molar-refractivity contribution in [1.29, 1.82) is 0 Å². The van der Waals surface area contributed by atoms with Crippen molar-refractivity contribution in [2.45, 2.75) is 52.7 Å². The third-order valence-electron chi connectivity index (χ3n) is 3.41. The van der Waals surface area contributed by atoms with Crippen molar-refractivity contribution >= 4 is 12.1 Å². The molecule has 8 nitrogen and oxygen atoms in total. The molecule has 0 fully saturated rings. The van der Waals surface area contributed by atoms with Gasteiger partial charge in [0.1, 0.15) is 5.60 Å². The second-order valence-electron chi connectivity index (χ2n) is 7.34. The first-order valence-corrected chi connectivity index (χ1v) is 9.20. The van der Waals surface area contributed by atoms with Gasteiger partial charge in [-0.2, -0.15) is 0 Å². The second-order valence-corrected chi connectivity index (χ2v) is 7.34. The maximum atomic E-state index is 12.0. The van der Waals surface area contributed by atoms with Gasteiger partial charge >= 0.3 is 6.09 Å². The highest BCUT2D eigenvalue weighted by Gasteiger charge is 2.21. The Balaban J connectivity index is 4.17. The van der Waals surface area contributed by atoms with Crippen LogP contribution in [0.25, 0.3) is 0 Å². The Morgan fingerprint density at radius 1 is 1.12 bits per heavy atom. The fourth-order valence-corrected chi connectivity index (χ4v) is 1.96. The lowest BCUT2D eigenvalue weighted by atomic mass is 10.0. The third kappa shape index (κ3) is 13.7. The molecule has 0 aliphatic rings. The van der Waals surface area contributed by atoms with Crippen LogP contribution in [-0.2, 0) is 14.2 Å². The number of nitrogens with one attached hydrogen (secondary N) is 3. The summed E-state index contributed by atoms with van der Waals surface area (Å²) >= 11 is 0. The number of carbonyl (C=O) groups excluding carboxylic acids is 1. The minimum absolute atomic E-state index is 0.0687. The van der Waals surface area contributed by atoms with Crippen LogP contribution in [0.3, 0.4) is 0 Å². The summed E-state index contributed by atoms with van der Waals surface area (Å²) < 4.78 is 15.7. The summed E-state index contributed by atoms with van der Waals surface area (Å²) in [5.74, 6) is 0.945. The van der Waals surface area contributed by atoms with Crippen LogP contribution in [0.1, 0.15) is 41.0 Å². The summed E-state index contributed by atoms with van der Waals surface area (Å²) in [6, 6.07) is -0.0687. The smallest absolute Gasteiger partial charge is 0.407 e. The molecule has 0 rings (SSSR count). The highest BCUT2D eigenvalue weighted by Crippen LogP contribution is 2.08. The Labute approximate surface area is 158 Å². The predicted octanol–water partition coefficient (Wildman–Crippen LogP) is 1.75. The van der Waals surface area contributed by atoms with Crippen LogP contribution in [0.5, 0.6) is 0 Å². The molecule has 0 aromatic heterocycles. The topological polar surface area (TPSA) is 93.2 Å². The first kappa shape index (κ1) is 24.5. The van der Waals surface area contributed by atoms with Gasteiger partial charge < -0.3 is 30.2 Å². The first-order valence-electron chi connectivity index (χ1n) is 9.20. The monoisotopic (exact) mass is 374 g/mol. The zero-order valence-electron chi connectivity index (χ0n) is 17.5. The molecule has 0 aliphatic heterocycles. The fourth-order valence-electron chi connectivity index (χ4n) is 1.96. The molecule has 0 saturated heterocycles. The van der Waals surface area contributed by atoms with Gasteiger partial charge in [0.2, 0.25) is 0 Å². The molecule has 0 heterocycles. The summed E-state index contributed by atoms with van der Waals surface area (Å²) in [6.45, 7) is 12.8. The van der Waals surface area contributed by atoms with E-state index in [1.54, 1.807) is 14.2 Å². The van der Waals surface area contributed by atoms with Gasteiger partial charge in [0.25, 0.3) is 0 Å². The van der Waals surface area contributed by atoms with E-state index < -0.39 is 11.7 Å². The van der Waals surface area contributed by atoms with Crippen molar-refractivity contribution in [3.05, 3.63) is 0 Å². The number of rotatable bonds is 11. The molecule has 8 heteroatoms. The van der Waals surface area contributed by atoms with E-state index in [4.69, 9.17) is 14.2 Å². The minimum Gasteiger partial charge on any atom is -0.444 e. The average molecular weight is 375 g/mol. The number of nitrogens with zero attached hydrogens (tertiary/aromatic N) is 1. The quantitative estimate of drug-likeness (QED) is 0.290. The fraction of sp³-hybridized carbons (Fsp3) is 0.889. The van der Waals surface area contributed by atoms with Crippen molar-refractivity contribution in [3.8, 4) is 0 Å². The number of amides is 1. The zero-order chi connectivity index (χ0) is 20.0. The van der Waals surface area contributed by atoms with Gasteiger partial charge in [-0.3, -0.25) is 4.99 Å². The van der Waals surface area contributed by atoms with Gasteiger partial charge in [-0.05, 0) is 33.1 Å². The maximum absolute atomic E-state index is 12.0. The van der Waals surface area contributed by atoms with E-state index in [9.17, 15) is 4.79 Å². The van der Waals surface area contributed by atoms with Crippen LogP contribution in [0, 0.1) is 5.92 Å². The number of hydrogen-bond donors (Lipinski definition) is 3. The van der Waals surface area contributed by atoms with E-state index in [0.717, 1.165) is 13.0 Å². The number of methoxy groups -OCH3 is 1. The zero-order valence-corrected chi connectivity index (χ0v) is 17.5. The number of guanidine groups is 1. The molecule has 1 unspecified atom stereocenters. The molecule has 0 spiro atoms. The van der Waals surface area contributed by atoms with Crippen molar-refractivity contribution < 1.29 is 19.0 Å². The number of aliphatic imine (C=N–C) groups is 1. The number of hydrogen-bond acceptors (Lipinski definition) is 5. The van der Waals surface area contributed by atoms with Crippen LogP contribution >= 0.6 is 0 Å². The number of ether oxygens (including phenoxy) is 3. The molecular weight excluding hydrogens is 336 g/mol. The number of carbonyl (C=O) groups is 1. The van der Waals surface area contributed by atoms with Crippen LogP contribution in [0.15, 0.2) is 4.99 Å². The molecule has 0 aromatic carbocycles. The Bertz CT molecular complexity index is 408. The van der Waals surface area contributed by atoms with Crippen molar-refractivity contribution in [3.63, 3.8) is 0 Å². The highest BCUT2D eigenvalue weighted by atomic mass is 16.6. The summed E-state index contributed by atoms with van der Waals surface area (Å²) in [6.07, 6.45) is 0.461. The lowest BCUT2D eigenvalue weighted by Gasteiger charge is -2.26. The predicted molar refractivity (Wildman–Crippen MR) is 105 cm³/mol. The van der Waals surface area contributed by atoms with E-state index in [2.05, 4.69) is 34.8 Å². The minimum atomic E-state index is -0.512. The lowest BCUT2D eigenvalue weighted by Crippen LogP contribution is -2.50. The molecule has 26 heavy (non-hydrogen) atoms. The molecule has 3 N–H and O–H groups in total. The van der Waals surface area contributed by atoms with E-state index >= 15 is 0 Å². The molecular formula is C18H38N4O4. The summed E-state index contributed by atoms with van der Waals surface area (Å²) in [4.78, 5) is 16.2. The van der Waals surface area contributed by atoms with Gasteiger partial charge in [0.15, 0.2) is 5.96 Å². The average Bonchev–Trinajstić information content (AvgIpc) is 2.53. The first-order chi connectivity index (χ1) is 12.2. The van der Waals surface area contributed by atoms with Gasteiger partial charge in [-0.1, -0.05) is 13.8 Å². The van der Waals surface area contributed by atoms with Crippen LogP contribution in [-0.4, -0.2) is 70.8 Å². The number of alkyl carbamates (subject to hydrolysis) is 1. The molecule has 1 atom stereocenters. The van der Waals surface area contributed by atoms with E-state index in [1.807, 2.05) is 20.8 Å².